The number of nitrogens with zero attached hydrogens (tertiary/aromatic N) is 2. The van der Waals surface area contributed by atoms with Crippen LogP contribution in [0.15, 0.2) is 47.3 Å². The number of Topliss-reactive ketones (excluding diaryl/α,β-unsaturated/α-hetero) is 1. The number of H-pyrrole nitrogens is 1. The highest BCUT2D eigenvalue weighted by Gasteiger charge is 2.27. The molecule has 3 aromatic rings. The van der Waals surface area contributed by atoms with Crippen molar-refractivity contribution in [2.24, 2.45) is 0 Å². The monoisotopic (exact) mass is 481 g/mol. The Kier molecular flexibility index (Phi) is 6.19. The lowest BCUT2D eigenvalue weighted by atomic mass is 9.93. The van der Waals surface area contributed by atoms with E-state index in [4.69, 9.17) is 11.6 Å². The number of carbonyl (C=O) groups excluding carboxylic acids is 2. The second kappa shape index (κ2) is 9.25. The molecule has 0 bridgehead atoms. The summed E-state index contributed by atoms with van der Waals surface area (Å²) in [6, 6.07) is 13.6. The number of hydrogen-bond donors (Lipinski definition) is 1. The fourth-order valence-electron chi connectivity index (χ4n) is 4.50. The van der Waals surface area contributed by atoms with Gasteiger partial charge in [0.1, 0.15) is 5.56 Å². The van der Waals surface area contributed by atoms with Gasteiger partial charge in [0.05, 0.1) is 0 Å². The van der Waals surface area contributed by atoms with Crippen molar-refractivity contribution < 1.29 is 9.59 Å². The number of aromatic amines is 1. The van der Waals surface area contributed by atoms with Crippen LogP contribution in [-0.4, -0.2) is 52.7 Å². The molecule has 1 fully saturated rings. The van der Waals surface area contributed by atoms with Crippen molar-refractivity contribution >= 4 is 34.6 Å². The number of carbonyl (C=O) groups is 2. The molecule has 1 aliphatic heterocycles. The van der Waals surface area contributed by atoms with Crippen LogP contribution in [0.25, 0.3) is 10.4 Å². The fraction of sp³-hybridized carbons (Fsp3) is 0.320. The summed E-state index contributed by atoms with van der Waals surface area (Å²) < 4.78 is 0. The predicted molar refractivity (Wildman–Crippen MR) is 130 cm³/mol. The molecule has 2 aliphatic rings. The zero-order valence-electron chi connectivity index (χ0n) is 18.1. The fourth-order valence-corrected chi connectivity index (χ4v) is 5.89. The van der Waals surface area contributed by atoms with Gasteiger partial charge in [0.25, 0.3) is 11.5 Å². The zero-order valence-corrected chi connectivity index (χ0v) is 19.7. The SMILES string of the molecule is O=C1CCCc2[nH]c(=O)c(C(=O)N3CCN(Cc4ccc(-c5ccccc5Cl)s4)CC3)cc21. The standard InChI is InChI=1S/C25H24ClN3O3S/c26-20-5-2-1-4-17(20)23-9-8-16(33-23)15-28-10-12-29(13-11-28)25(32)19-14-18-21(27-24(19)31)6-3-7-22(18)30/h1-2,4-5,8-9,14H,3,6-7,10-13,15H2,(H,27,31). The van der Waals surface area contributed by atoms with E-state index in [9.17, 15) is 14.4 Å². The van der Waals surface area contributed by atoms with Crippen molar-refractivity contribution in [3.05, 3.63) is 79.5 Å². The van der Waals surface area contributed by atoms with Crippen LogP contribution in [0.5, 0.6) is 0 Å². The summed E-state index contributed by atoms with van der Waals surface area (Å²) in [5, 5.41) is 0.747. The Labute approximate surface area is 200 Å². The van der Waals surface area contributed by atoms with E-state index in [-0.39, 0.29) is 17.3 Å². The number of nitrogens with one attached hydrogen (secondary N) is 1. The Morgan fingerprint density at radius 3 is 2.58 bits per heavy atom. The van der Waals surface area contributed by atoms with Crippen molar-refractivity contribution in [3.8, 4) is 10.4 Å². The highest BCUT2D eigenvalue weighted by atomic mass is 35.5. The third-order valence-electron chi connectivity index (χ3n) is 6.32. The van der Waals surface area contributed by atoms with Crippen LogP contribution in [0, 0.1) is 0 Å². The first-order valence-corrected chi connectivity index (χ1v) is 12.3. The van der Waals surface area contributed by atoms with Gasteiger partial charge in [-0.25, -0.2) is 0 Å². The van der Waals surface area contributed by atoms with Crippen molar-refractivity contribution in [1.29, 1.82) is 0 Å². The van der Waals surface area contributed by atoms with E-state index in [1.54, 1.807) is 16.2 Å². The van der Waals surface area contributed by atoms with Gasteiger partial charge in [-0.15, -0.1) is 11.3 Å². The molecule has 1 aromatic carbocycles. The first kappa shape index (κ1) is 22.1. The van der Waals surface area contributed by atoms with E-state index in [1.165, 1.54) is 10.9 Å². The van der Waals surface area contributed by atoms with E-state index in [2.05, 4.69) is 22.0 Å². The average molecular weight is 482 g/mol. The van der Waals surface area contributed by atoms with Crippen molar-refractivity contribution in [2.75, 3.05) is 26.2 Å². The summed E-state index contributed by atoms with van der Waals surface area (Å²) in [7, 11) is 0. The molecule has 3 heterocycles. The zero-order chi connectivity index (χ0) is 22.9. The van der Waals surface area contributed by atoms with E-state index < -0.39 is 5.56 Å². The largest absolute Gasteiger partial charge is 0.336 e. The average Bonchev–Trinajstić information content (AvgIpc) is 3.27. The highest BCUT2D eigenvalue weighted by Crippen LogP contribution is 2.33. The summed E-state index contributed by atoms with van der Waals surface area (Å²) >= 11 is 8.06. The molecule has 2 aromatic heterocycles. The molecular formula is C25H24ClN3O3S. The molecule has 1 aliphatic carbocycles. The lowest BCUT2D eigenvalue weighted by Gasteiger charge is -2.34. The van der Waals surface area contributed by atoms with E-state index in [1.807, 2.05) is 24.3 Å². The number of hydrogen-bond acceptors (Lipinski definition) is 5. The van der Waals surface area contributed by atoms with Crippen LogP contribution in [0.1, 0.15) is 44.1 Å². The molecule has 0 spiro atoms. The van der Waals surface area contributed by atoms with Crippen molar-refractivity contribution in [2.45, 2.75) is 25.8 Å². The molecule has 1 saturated heterocycles. The number of thiophene rings is 1. The molecule has 6 nitrogen and oxygen atoms in total. The second-order valence-electron chi connectivity index (χ2n) is 8.50. The Bertz CT molecular complexity index is 1270. The number of pyridine rings is 1. The quantitative estimate of drug-likeness (QED) is 0.605. The molecule has 170 valence electrons. The Morgan fingerprint density at radius 2 is 1.79 bits per heavy atom. The van der Waals surface area contributed by atoms with E-state index >= 15 is 0 Å². The minimum Gasteiger partial charge on any atom is -0.336 e. The number of ketones is 1. The third kappa shape index (κ3) is 4.53. The lowest BCUT2D eigenvalue weighted by Crippen LogP contribution is -2.49. The van der Waals surface area contributed by atoms with E-state index in [0.717, 1.165) is 41.5 Å². The molecule has 1 amide bonds. The minimum absolute atomic E-state index is 0.00141. The molecule has 1 N–H and O–H groups in total. The van der Waals surface area contributed by atoms with Gasteiger partial charge in [-0.2, -0.15) is 0 Å². The molecule has 0 radical (unpaired) electrons. The first-order chi connectivity index (χ1) is 16.0. The van der Waals surface area contributed by atoms with Gasteiger partial charge < -0.3 is 9.88 Å². The number of halogens is 1. The molecular weight excluding hydrogens is 458 g/mol. The van der Waals surface area contributed by atoms with Crippen molar-refractivity contribution in [3.63, 3.8) is 0 Å². The van der Waals surface area contributed by atoms with Gasteiger partial charge in [-0.1, -0.05) is 29.8 Å². The number of rotatable bonds is 4. The second-order valence-corrected chi connectivity index (χ2v) is 10.1. The van der Waals surface area contributed by atoms with Gasteiger partial charge in [-0.3, -0.25) is 19.3 Å². The van der Waals surface area contributed by atoms with Gasteiger partial charge in [0.15, 0.2) is 5.78 Å². The number of amides is 1. The topological polar surface area (TPSA) is 73.5 Å². The van der Waals surface area contributed by atoms with Crippen LogP contribution in [0.3, 0.4) is 0 Å². The van der Waals surface area contributed by atoms with Gasteiger partial charge in [-0.05, 0) is 37.1 Å². The maximum atomic E-state index is 13.0. The predicted octanol–water partition coefficient (Wildman–Crippen LogP) is 4.23. The summed E-state index contributed by atoms with van der Waals surface area (Å²) in [5.74, 6) is -0.298. The van der Waals surface area contributed by atoms with Crippen LogP contribution < -0.4 is 5.56 Å². The number of piperazine rings is 1. The lowest BCUT2D eigenvalue weighted by molar-refractivity contribution is 0.0628. The van der Waals surface area contributed by atoms with Gasteiger partial charge in [0, 0.05) is 70.7 Å². The number of fused-ring (bicyclic) bond motifs is 1. The summed E-state index contributed by atoms with van der Waals surface area (Å²) in [5.41, 5.74) is 1.86. The third-order valence-corrected chi connectivity index (χ3v) is 7.76. The summed E-state index contributed by atoms with van der Waals surface area (Å²) in [4.78, 5) is 46.9. The molecule has 0 atom stereocenters. The maximum absolute atomic E-state index is 13.0. The minimum atomic E-state index is -0.401. The summed E-state index contributed by atoms with van der Waals surface area (Å²) in [6.07, 6.45) is 1.87. The normalized spacial score (nSPS) is 16.6. The molecule has 0 saturated carbocycles. The molecule has 33 heavy (non-hydrogen) atoms. The maximum Gasteiger partial charge on any atom is 0.261 e. The Morgan fingerprint density at radius 1 is 1.00 bits per heavy atom. The van der Waals surface area contributed by atoms with E-state index in [0.29, 0.717) is 37.2 Å². The smallest absolute Gasteiger partial charge is 0.261 e. The molecule has 8 heteroatoms. The Hall–Kier alpha value is -2.74. The van der Waals surface area contributed by atoms with Crippen LogP contribution in [0.4, 0.5) is 0 Å². The van der Waals surface area contributed by atoms with Crippen LogP contribution in [0.2, 0.25) is 5.02 Å². The Balaban J connectivity index is 1.23. The number of aromatic nitrogens is 1. The number of aryl methyl sites for hydroxylation is 1. The van der Waals surface area contributed by atoms with Gasteiger partial charge in [0.2, 0.25) is 0 Å². The van der Waals surface area contributed by atoms with Gasteiger partial charge >= 0.3 is 0 Å². The first-order valence-electron chi connectivity index (χ1n) is 11.1. The summed E-state index contributed by atoms with van der Waals surface area (Å²) in [6.45, 7) is 3.36. The number of benzene rings is 1. The van der Waals surface area contributed by atoms with Crippen LogP contribution >= 0.6 is 22.9 Å². The van der Waals surface area contributed by atoms with Crippen molar-refractivity contribution in [1.82, 2.24) is 14.8 Å². The molecule has 5 rings (SSSR count). The highest BCUT2D eigenvalue weighted by molar-refractivity contribution is 7.15. The molecule has 0 unspecified atom stereocenters. The van der Waals surface area contributed by atoms with Crippen LogP contribution in [-0.2, 0) is 13.0 Å².